The van der Waals surface area contributed by atoms with Crippen molar-refractivity contribution >= 4 is 61.7 Å². The zero-order valence-electron chi connectivity index (χ0n) is 18.1. The van der Waals surface area contributed by atoms with E-state index in [1.165, 1.54) is 29.3 Å². The summed E-state index contributed by atoms with van der Waals surface area (Å²) in [5, 5.41) is 13.6. The van der Waals surface area contributed by atoms with E-state index in [4.69, 9.17) is 5.73 Å². The number of thioether (sulfide) groups is 1. The summed E-state index contributed by atoms with van der Waals surface area (Å²) in [7, 11) is 0. The Bertz CT molecular complexity index is 1380. The van der Waals surface area contributed by atoms with Gasteiger partial charge in [0.2, 0.25) is 11.3 Å². The van der Waals surface area contributed by atoms with Crippen LogP contribution in [-0.4, -0.2) is 64.2 Å². The lowest BCUT2D eigenvalue weighted by Crippen LogP contribution is -2.49. The number of anilines is 3. The lowest BCUT2D eigenvalue weighted by atomic mass is 10.1. The van der Waals surface area contributed by atoms with E-state index in [9.17, 15) is 19.5 Å². The molecule has 1 amide bonds. The van der Waals surface area contributed by atoms with Crippen molar-refractivity contribution in [1.82, 2.24) is 14.5 Å². The molecule has 1 fully saturated rings. The Labute approximate surface area is 201 Å². The van der Waals surface area contributed by atoms with E-state index in [0.29, 0.717) is 52.5 Å². The number of benzene rings is 1. The van der Waals surface area contributed by atoms with Gasteiger partial charge in [-0.3, -0.25) is 14.5 Å². The number of piperazine rings is 1. The molecule has 1 atom stereocenters. The van der Waals surface area contributed by atoms with Crippen molar-refractivity contribution < 1.29 is 19.1 Å². The van der Waals surface area contributed by atoms with Gasteiger partial charge in [-0.2, -0.15) is 0 Å². The van der Waals surface area contributed by atoms with Crippen molar-refractivity contribution in [1.29, 1.82) is 0 Å². The lowest BCUT2D eigenvalue weighted by molar-refractivity contribution is -0.117. The van der Waals surface area contributed by atoms with Crippen LogP contribution in [0.1, 0.15) is 22.7 Å². The molecule has 0 saturated carbocycles. The fourth-order valence-electron chi connectivity index (χ4n) is 4.32. The number of aromatic nitrogens is 2. The molecule has 0 radical (unpaired) electrons. The molecule has 4 N–H and O–H groups in total. The van der Waals surface area contributed by atoms with E-state index < -0.39 is 17.2 Å². The van der Waals surface area contributed by atoms with Gasteiger partial charge in [0.1, 0.15) is 16.4 Å². The number of rotatable bonds is 5. The fourth-order valence-corrected chi connectivity index (χ4v) is 6.07. The molecular formula is C21H21FN6O4S2. The van der Waals surface area contributed by atoms with Crippen LogP contribution in [0.15, 0.2) is 28.2 Å². The third-order valence-corrected chi connectivity index (χ3v) is 7.86. The Morgan fingerprint density at radius 1 is 1.29 bits per heavy atom. The van der Waals surface area contributed by atoms with Crippen LogP contribution in [0, 0.1) is 5.82 Å². The highest BCUT2D eigenvalue weighted by Gasteiger charge is 2.33. The second kappa shape index (κ2) is 8.56. The number of nitrogen functional groups attached to an aromatic ring is 1. The zero-order valence-corrected chi connectivity index (χ0v) is 19.7. The van der Waals surface area contributed by atoms with E-state index in [-0.39, 0.29) is 28.8 Å². The van der Waals surface area contributed by atoms with Crippen LogP contribution >= 0.6 is 23.1 Å². The molecule has 10 nitrogen and oxygen atoms in total. The van der Waals surface area contributed by atoms with E-state index in [1.54, 1.807) is 10.6 Å². The van der Waals surface area contributed by atoms with Gasteiger partial charge >= 0.3 is 5.97 Å². The number of aromatic carboxylic acids is 1. The quantitative estimate of drug-likeness (QED) is 0.478. The molecule has 2 aliphatic heterocycles. The summed E-state index contributed by atoms with van der Waals surface area (Å²) in [5.41, 5.74) is 5.53. The highest BCUT2D eigenvalue weighted by Crippen LogP contribution is 2.46. The van der Waals surface area contributed by atoms with Crippen LogP contribution in [0.4, 0.5) is 20.2 Å². The monoisotopic (exact) mass is 504 g/mol. The molecule has 34 heavy (non-hydrogen) atoms. The smallest absolute Gasteiger partial charge is 0.342 e. The SMILES string of the molecule is CC1Sc2c(C(=O)O)c(=O)c3cc(F)c(N4CCN(CC(=O)Nc5ncc(N)s5)CC4)cc3n21. The number of hydrogen-bond acceptors (Lipinski definition) is 9. The Morgan fingerprint density at radius 3 is 2.65 bits per heavy atom. The molecule has 5 rings (SSSR count). The number of halogens is 1. The van der Waals surface area contributed by atoms with Gasteiger partial charge in [0.05, 0.1) is 34.3 Å². The van der Waals surface area contributed by atoms with Gasteiger partial charge in [-0.25, -0.2) is 14.2 Å². The van der Waals surface area contributed by atoms with Gasteiger partial charge < -0.3 is 25.6 Å². The van der Waals surface area contributed by atoms with E-state index in [0.717, 1.165) is 6.07 Å². The van der Waals surface area contributed by atoms with Crippen LogP contribution in [0.2, 0.25) is 0 Å². The number of pyridine rings is 1. The zero-order chi connectivity index (χ0) is 24.1. The summed E-state index contributed by atoms with van der Waals surface area (Å²) in [6, 6.07) is 2.77. The number of carboxylic acids is 1. The predicted molar refractivity (Wildman–Crippen MR) is 130 cm³/mol. The Balaban J connectivity index is 1.34. The predicted octanol–water partition coefficient (Wildman–Crippen LogP) is 2.26. The average molecular weight is 505 g/mol. The Morgan fingerprint density at radius 2 is 2.03 bits per heavy atom. The first-order chi connectivity index (χ1) is 16.2. The summed E-state index contributed by atoms with van der Waals surface area (Å²) in [5.74, 6) is -2.08. The number of thiazole rings is 1. The molecule has 3 aromatic rings. The van der Waals surface area contributed by atoms with Crippen molar-refractivity contribution in [2.75, 3.05) is 48.7 Å². The summed E-state index contributed by atoms with van der Waals surface area (Å²) >= 11 is 2.51. The minimum Gasteiger partial charge on any atom is -0.477 e. The maximum atomic E-state index is 15.1. The standard InChI is InChI=1S/C21H21FN6O4S2/c1-10-28-13-7-14(12(22)6-11(13)18(30)17(20(31)32)19(28)33-10)27-4-2-26(3-5-27)9-16(29)25-21-24-8-15(23)34-21/h6-8,10H,2-5,9,23H2,1H3,(H,31,32)(H,24,25,29). The van der Waals surface area contributed by atoms with Crippen molar-refractivity contribution in [2.45, 2.75) is 17.3 Å². The number of nitrogens with two attached hydrogens (primary N) is 1. The van der Waals surface area contributed by atoms with E-state index in [2.05, 4.69) is 10.3 Å². The van der Waals surface area contributed by atoms with Gasteiger partial charge in [0, 0.05) is 31.6 Å². The van der Waals surface area contributed by atoms with Crippen LogP contribution in [0.3, 0.4) is 0 Å². The molecule has 13 heteroatoms. The number of fused-ring (bicyclic) bond motifs is 3. The van der Waals surface area contributed by atoms with Gasteiger partial charge in [-0.1, -0.05) is 23.1 Å². The normalized spacial score (nSPS) is 17.9. The third-order valence-electron chi connectivity index (χ3n) is 5.94. The highest BCUT2D eigenvalue weighted by atomic mass is 32.2. The first kappa shape index (κ1) is 22.6. The van der Waals surface area contributed by atoms with Crippen molar-refractivity contribution in [3.05, 3.63) is 39.9 Å². The van der Waals surface area contributed by atoms with Crippen molar-refractivity contribution in [3.63, 3.8) is 0 Å². The maximum absolute atomic E-state index is 15.1. The molecule has 1 aromatic carbocycles. The average Bonchev–Trinajstić information content (AvgIpc) is 3.18. The molecule has 1 unspecified atom stereocenters. The van der Waals surface area contributed by atoms with Gasteiger partial charge in [-0.05, 0) is 19.1 Å². The first-order valence-corrected chi connectivity index (χ1v) is 12.2. The van der Waals surface area contributed by atoms with E-state index >= 15 is 4.39 Å². The number of amides is 1. The number of carbonyl (C=O) groups excluding carboxylic acids is 1. The fraction of sp³-hybridized carbons (Fsp3) is 0.333. The molecule has 2 aromatic heterocycles. The van der Waals surface area contributed by atoms with Crippen LogP contribution in [-0.2, 0) is 4.79 Å². The molecular weight excluding hydrogens is 483 g/mol. The molecule has 0 spiro atoms. The summed E-state index contributed by atoms with van der Waals surface area (Å²) in [6.07, 6.45) is 1.49. The Kier molecular flexibility index (Phi) is 5.70. The third kappa shape index (κ3) is 3.89. The highest BCUT2D eigenvalue weighted by molar-refractivity contribution is 8.00. The van der Waals surface area contributed by atoms with Gasteiger partial charge in [0.25, 0.3) is 0 Å². The molecule has 0 bridgehead atoms. The molecule has 0 aliphatic carbocycles. The molecule has 178 valence electrons. The Hall–Kier alpha value is -3.16. The van der Waals surface area contributed by atoms with Crippen LogP contribution in [0.5, 0.6) is 0 Å². The second-order valence-electron chi connectivity index (χ2n) is 8.10. The number of nitrogens with zero attached hydrogens (tertiary/aromatic N) is 4. The van der Waals surface area contributed by atoms with Gasteiger partial charge in [-0.15, -0.1) is 0 Å². The van der Waals surface area contributed by atoms with Crippen LogP contribution < -0.4 is 21.4 Å². The first-order valence-electron chi connectivity index (χ1n) is 10.5. The van der Waals surface area contributed by atoms with Crippen molar-refractivity contribution in [2.24, 2.45) is 0 Å². The van der Waals surface area contributed by atoms with Crippen LogP contribution in [0.25, 0.3) is 10.9 Å². The molecule has 2 aliphatic rings. The number of carboxylic acid groups (broad SMARTS) is 1. The second-order valence-corrected chi connectivity index (χ2v) is 10.5. The summed E-state index contributed by atoms with van der Waals surface area (Å²) in [4.78, 5) is 44.5. The lowest BCUT2D eigenvalue weighted by Gasteiger charge is -2.37. The number of nitrogens with one attached hydrogen (secondary N) is 1. The van der Waals surface area contributed by atoms with Gasteiger partial charge in [0.15, 0.2) is 5.13 Å². The number of hydrogen-bond donors (Lipinski definition) is 3. The minimum absolute atomic E-state index is 0.0574. The molecule has 1 saturated heterocycles. The maximum Gasteiger partial charge on any atom is 0.342 e. The summed E-state index contributed by atoms with van der Waals surface area (Å²) < 4.78 is 16.9. The topological polar surface area (TPSA) is 134 Å². The minimum atomic E-state index is -1.31. The van der Waals surface area contributed by atoms with E-state index in [1.807, 2.05) is 16.7 Å². The number of carbonyl (C=O) groups is 2. The molecule has 4 heterocycles. The summed E-state index contributed by atoms with van der Waals surface area (Å²) in [6.45, 7) is 4.17. The van der Waals surface area contributed by atoms with Crippen molar-refractivity contribution in [3.8, 4) is 0 Å². The largest absolute Gasteiger partial charge is 0.477 e.